The summed E-state index contributed by atoms with van der Waals surface area (Å²) in [4.78, 5) is 11.4. The van der Waals surface area contributed by atoms with Crippen molar-refractivity contribution < 1.29 is 0 Å². The summed E-state index contributed by atoms with van der Waals surface area (Å²) in [6.07, 6.45) is 2.56. The van der Waals surface area contributed by atoms with Crippen molar-refractivity contribution in [2.75, 3.05) is 28.6 Å². The van der Waals surface area contributed by atoms with Crippen LogP contribution in [0.2, 0.25) is 5.02 Å². The molecular formula is C21H22ClN5. The lowest BCUT2D eigenvalue weighted by atomic mass is 10.2. The van der Waals surface area contributed by atoms with Gasteiger partial charge in [-0.25, -0.2) is 4.98 Å². The molecule has 2 aromatic carbocycles. The SMILES string of the molecule is Cc1cc(Nc2ccc(N3CCCC3)cc2)nc(Nc2cccc(Cl)c2)n1. The van der Waals surface area contributed by atoms with Crippen molar-refractivity contribution in [2.45, 2.75) is 19.8 Å². The average molecular weight is 380 g/mol. The number of hydrogen-bond acceptors (Lipinski definition) is 5. The molecule has 138 valence electrons. The summed E-state index contributed by atoms with van der Waals surface area (Å²) < 4.78 is 0. The molecule has 0 atom stereocenters. The number of hydrogen-bond donors (Lipinski definition) is 2. The van der Waals surface area contributed by atoms with Crippen LogP contribution in [0.4, 0.5) is 28.8 Å². The second-order valence-electron chi connectivity index (χ2n) is 6.72. The fourth-order valence-corrected chi connectivity index (χ4v) is 3.45. The molecule has 1 aliphatic heterocycles. The summed E-state index contributed by atoms with van der Waals surface area (Å²) >= 11 is 6.04. The van der Waals surface area contributed by atoms with Gasteiger partial charge in [0.1, 0.15) is 5.82 Å². The average Bonchev–Trinajstić information content (AvgIpc) is 3.16. The fraction of sp³-hybridized carbons (Fsp3) is 0.238. The highest BCUT2D eigenvalue weighted by atomic mass is 35.5. The molecular weight excluding hydrogens is 358 g/mol. The molecule has 4 rings (SSSR count). The van der Waals surface area contributed by atoms with E-state index in [0.717, 1.165) is 36.0 Å². The van der Waals surface area contributed by atoms with Gasteiger partial charge in [-0.1, -0.05) is 17.7 Å². The molecule has 0 unspecified atom stereocenters. The Kier molecular flexibility index (Phi) is 5.12. The Morgan fingerprint density at radius 3 is 2.41 bits per heavy atom. The van der Waals surface area contributed by atoms with Gasteiger partial charge in [-0.2, -0.15) is 4.98 Å². The Morgan fingerprint density at radius 1 is 0.889 bits per heavy atom. The lowest BCUT2D eigenvalue weighted by Crippen LogP contribution is -2.17. The highest BCUT2D eigenvalue weighted by molar-refractivity contribution is 6.30. The van der Waals surface area contributed by atoms with Crippen LogP contribution in [0.5, 0.6) is 0 Å². The molecule has 0 aliphatic carbocycles. The molecule has 0 bridgehead atoms. The standard InChI is InChI=1S/C21H22ClN5/c1-15-13-20(26-21(23-15)25-18-6-4-5-16(22)14-18)24-17-7-9-19(10-8-17)27-11-2-3-12-27/h4-10,13-14H,2-3,11-12H2,1H3,(H2,23,24,25,26). The Balaban J connectivity index is 1.49. The van der Waals surface area contributed by atoms with Crippen LogP contribution in [0, 0.1) is 6.92 Å². The molecule has 1 fully saturated rings. The molecule has 27 heavy (non-hydrogen) atoms. The third kappa shape index (κ3) is 4.49. The Labute approximate surface area is 164 Å². The van der Waals surface area contributed by atoms with Crippen molar-refractivity contribution in [3.05, 3.63) is 65.3 Å². The van der Waals surface area contributed by atoms with Gasteiger partial charge < -0.3 is 15.5 Å². The molecule has 1 aromatic heterocycles. The van der Waals surface area contributed by atoms with Gasteiger partial charge in [0, 0.05) is 46.9 Å². The maximum Gasteiger partial charge on any atom is 0.229 e. The van der Waals surface area contributed by atoms with E-state index in [1.165, 1.54) is 18.5 Å². The smallest absolute Gasteiger partial charge is 0.229 e. The molecule has 6 heteroatoms. The van der Waals surface area contributed by atoms with E-state index in [1.807, 2.05) is 37.3 Å². The zero-order valence-corrected chi connectivity index (χ0v) is 16.0. The van der Waals surface area contributed by atoms with Gasteiger partial charge in [0.25, 0.3) is 0 Å². The molecule has 2 N–H and O–H groups in total. The van der Waals surface area contributed by atoms with Crippen molar-refractivity contribution in [1.29, 1.82) is 0 Å². The number of aromatic nitrogens is 2. The largest absolute Gasteiger partial charge is 0.372 e. The van der Waals surface area contributed by atoms with Gasteiger partial charge in [0.15, 0.2) is 0 Å². The number of halogens is 1. The Morgan fingerprint density at radius 2 is 1.67 bits per heavy atom. The van der Waals surface area contributed by atoms with Crippen LogP contribution in [0.25, 0.3) is 0 Å². The molecule has 0 saturated carbocycles. The van der Waals surface area contributed by atoms with Gasteiger partial charge in [-0.05, 0) is 62.2 Å². The molecule has 0 spiro atoms. The summed E-state index contributed by atoms with van der Waals surface area (Å²) in [6.45, 7) is 4.25. The van der Waals surface area contributed by atoms with Crippen LogP contribution in [-0.4, -0.2) is 23.1 Å². The first-order valence-corrected chi connectivity index (χ1v) is 9.54. The van der Waals surface area contributed by atoms with Crippen LogP contribution in [0.1, 0.15) is 18.5 Å². The summed E-state index contributed by atoms with van der Waals surface area (Å²) in [7, 11) is 0. The van der Waals surface area contributed by atoms with E-state index >= 15 is 0 Å². The fourth-order valence-electron chi connectivity index (χ4n) is 3.26. The minimum Gasteiger partial charge on any atom is -0.372 e. The van der Waals surface area contributed by atoms with E-state index in [2.05, 4.69) is 49.8 Å². The van der Waals surface area contributed by atoms with Crippen LogP contribution < -0.4 is 15.5 Å². The Bertz CT molecular complexity index is 920. The normalized spacial score (nSPS) is 13.6. The van der Waals surface area contributed by atoms with Crippen LogP contribution in [0.3, 0.4) is 0 Å². The first kappa shape index (κ1) is 17.6. The molecule has 3 aromatic rings. The minimum absolute atomic E-state index is 0.536. The molecule has 2 heterocycles. The quantitative estimate of drug-likeness (QED) is 0.610. The first-order chi connectivity index (χ1) is 13.2. The molecule has 5 nitrogen and oxygen atoms in total. The number of nitrogens with zero attached hydrogens (tertiary/aromatic N) is 3. The van der Waals surface area contributed by atoms with Crippen molar-refractivity contribution >= 4 is 40.4 Å². The molecule has 0 radical (unpaired) electrons. The van der Waals surface area contributed by atoms with Crippen LogP contribution in [-0.2, 0) is 0 Å². The first-order valence-electron chi connectivity index (χ1n) is 9.16. The van der Waals surface area contributed by atoms with Crippen molar-refractivity contribution in [3.8, 4) is 0 Å². The van der Waals surface area contributed by atoms with Crippen molar-refractivity contribution in [1.82, 2.24) is 9.97 Å². The van der Waals surface area contributed by atoms with E-state index < -0.39 is 0 Å². The van der Waals surface area contributed by atoms with Crippen LogP contribution >= 0.6 is 11.6 Å². The van der Waals surface area contributed by atoms with Gasteiger partial charge in [0.2, 0.25) is 5.95 Å². The minimum atomic E-state index is 0.536. The number of aryl methyl sites for hydroxylation is 1. The topological polar surface area (TPSA) is 53.1 Å². The maximum atomic E-state index is 6.04. The van der Waals surface area contributed by atoms with E-state index in [4.69, 9.17) is 11.6 Å². The summed E-state index contributed by atoms with van der Waals surface area (Å²) in [5.41, 5.74) is 4.02. The van der Waals surface area contributed by atoms with Crippen LogP contribution in [0.15, 0.2) is 54.6 Å². The molecule has 0 amide bonds. The Hall–Kier alpha value is -2.79. The zero-order chi connectivity index (χ0) is 18.6. The predicted octanol–water partition coefficient (Wildman–Crippen LogP) is 5.53. The number of nitrogens with one attached hydrogen (secondary N) is 2. The van der Waals surface area contributed by atoms with Gasteiger partial charge in [-0.15, -0.1) is 0 Å². The summed E-state index contributed by atoms with van der Waals surface area (Å²) in [6, 6.07) is 17.9. The monoisotopic (exact) mass is 379 g/mol. The van der Waals surface area contributed by atoms with Crippen molar-refractivity contribution in [3.63, 3.8) is 0 Å². The maximum absolute atomic E-state index is 6.04. The zero-order valence-electron chi connectivity index (χ0n) is 15.2. The van der Waals surface area contributed by atoms with E-state index in [1.54, 1.807) is 0 Å². The van der Waals surface area contributed by atoms with Gasteiger partial charge in [-0.3, -0.25) is 0 Å². The lowest BCUT2D eigenvalue weighted by Gasteiger charge is -2.18. The third-order valence-corrected chi connectivity index (χ3v) is 4.78. The summed E-state index contributed by atoms with van der Waals surface area (Å²) in [5, 5.41) is 7.24. The van der Waals surface area contributed by atoms with E-state index in [0.29, 0.717) is 11.0 Å². The highest BCUT2D eigenvalue weighted by Gasteiger charge is 2.12. The van der Waals surface area contributed by atoms with Crippen molar-refractivity contribution in [2.24, 2.45) is 0 Å². The second kappa shape index (κ2) is 7.84. The highest BCUT2D eigenvalue weighted by Crippen LogP contribution is 2.24. The van der Waals surface area contributed by atoms with Gasteiger partial charge in [0.05, 0.1) is 0 Å². The number of benzene rings is 2. The number of anilines is 5. The molecule has 1 saturated heterocycles. The lowest BCUT2D eigenvalue weighted by molar-refractivity contribution is 0.949. The van der Waals surface area contributed by atoms with E-state index in [-0.39, 0.29) is 0 Å². The third-order valence-electron chi connectivity index (χ3n) is 4.55. The van der Waals surface area contributed by atoms with E-state index in [9.17, 15) is 0 Å². The van der Waals surface area contributed by atoms with Gasteiger partial charge >= 0.3 is 0 Å². The second-order valence-corrected chi connectivity index (χ2v) is 7.16. The molecule has 1 aliphatic rings. The summed E-state index contributed by atoms with van der Waals surface area (Å²) in [5.74, 6) is 1.29. The number of rotatable bonds is 5. The predicted molar refractivity (Wildman–Crippen MR) is 113 cm³/mol.